The predicted octanol–water partition coefficient (Wildman–Crippen LogP) is 2.71. The van der Waals surface area contributed by atoms with Crippen molar-refractivity contribution in [2.24, 2.45) is 17.6 Å². The number of ether oxygens (including phenoxy) is 1. The van der Waals surface area contributed by atoms with E-state index in [1.807, 2.05) is 0 Å². The normalized spacial score (nSPS) is 27.8. The van der Waals surface area contributed by atoms with Gasteiger partial charge in [0.15, 0.2) is 0 Å². The highest BCUT2D eigenvalue weighted by Gasteiger charge is 2.24. The van der Waals surface area contributed by atoms with E-state index in [1.165, 1.54) is 51.4 Å². The molecular weight excluding hydrogens is 186 g/mol. The highest BCUT2D eigenvalue weighted by atomic mass is 16.5. The summed E-state index contributed by atoms with van der Waals surface area (Å²) in [6.07, 6.45) is 10.7. The van der Waals surface area contributed by atoms with Gasteiger partial charge in [-0.25, -0.2) is 0 Å². The smallest absolute Gasteiger partial charge is 0.0468 e. The Labute approximate surface area is 93.6 Å². The first-order valence-electron chi connectivity index (χ1n) is 6.69. The molecule has 1 heterocycles. The zero-order chi connectivity index (χ0) is 10.5. The molecule has 1 aliphatic heterocycles. The van der Waals surface area contributed by atoms with Gasteiger partial charge in [0, 0.05) is 19.3 Å². The second-order valence-corrected chi connectivity index (χ2v) is 5.35. The van der Waals surface area contributed by atoms with Crippen molar-refractivity contribution < 1.29 is 4.74 Å². The fourth-order valence-electron chi connectivity index (χ4n) is 3.12. The Kier molecular flexibility index (Phi) is 4.45. The summed E-state index contributed by atoms with van der Waals surface area (Å²) in [4.78, 5) is 0. The van der Waals surface area contributed by atoms with Crippen molar-refractivity contribution >= 4 is 0 Å². The minimum Gasteiger partial charge on any atom is -0.381 e. The second-order valence-electron chi connectivity index (χ2n) is 5.35. The van der Waals surface area contributed by atoms with Gasteiger partial charge >= 0.3 is 0 Å². The number of hydrogen-bond donors (Lipinski definition) is 1. The average Bonchev–Trinajstić information content (AvgIpc) is 2.31. The molecule has 1 saturated carbocycles. The van der Waals surface area contributed by atoms with Crippen LogP contribution in [-0.2, 0) is 4.74 Å². The molecule has 2 N–H and O–H groups in total. The largest absolute Gasteiger partial charge is 0.381 e. The molecule has 0 aromatic carbocycles. The van der Waals surface area contributed by atoms with E-state index in [2.05, 4.69) is 0 Å². The van der Waals surface area contributed by atoms with Crippen LogP contribution in [-0.4, -0.2) is 19.3 Å². The molecule has 1 atom stereocenters. The standard InChI is InChI=1S/C13H25NO/c14-13(12-4-2-1-3-5-12)10-11-6-8-15-9-7-11/h11-13H,1-10,14H2. The van der Waals surface area contributed by atoms with Crippen LogP contribution in [0, 0.1) is 11.8 Å². The molecule has 0 amide bonds. The molecule has 15 heavy (non-hydrogen) atoms. The third kappa shape index (κ3) is 3.46. The molecule has 2 rings (SSSR count). The number of hydrogen-bond acceptors (Lipinski definition) is 2. The van der Waals surface area contributed by atoms with Crippen LogP contribution in [0.25, 0.3) is 0 Å². The maximum absolute atomic E-state index is 6.34. The summed E-state index contributed by atoms with van der Waals surface area (Å²) < 4.78 is 5.39. The van der Waals surface area contributed by atoms with Crippen LogP contribution in [0.3, 0.4) is 0 Å². The molecule has 0 radical (unpaired) electrons. The molecule has 0 aromatic rings. The van der Waals surface area contributed by atoms with Gasteiger partial charge in [-0.3, -0.25) is 0 Å². The Morgan fingerprint density at radius 1 is 1.00 bits per heavy atom. The van der Waals surface area contributed by atoms with E-state index in [1.54, 1.807) is 0 Å². The first-order valence-corrected chi connectivity index (χ1v) is 6.69. The summed E-state index contributed by atoms with van der Waals surface area (Å²) in [5, 5.41) is 0. The lowest BCUT2D eigenvalue weighted by Gasteiger charge is -2.31. The minimum absolute atomic E-state index is 0.466. The third-order valence-electron chi connectivity index (χ3n) is 4.20. The van der Waals surface area contributed by atoms with E-state index in [0.29, 0.717) is 6.04 Å². The van der Waals surface area contributed by atoms with Crippen molar-refractivity contribution in [1.29, 1.82) is 0 Å². The second kappa shape index (κ2) is 5.86. The number of nitrogens with two attached hydrogens (primary N) is 1. The fraction of sp³-hybridized carbons (Fsp3) is 1.00. The van der Waals surface area contributed by atoms with Gasteiger partial charge in [-0.2, -0.15) is 0 Å². The lowest BCUT2D eigenvalue weighted by atomic mass is 9.79. The van der Waals surface area contributed by atoms with Crippen LogP contribution in [0.4, 0.5) is 0 Å². The lowest BCUT2D eigenvalue weighted by molar-refractivity contribution is 0.0587. The molecular formula is C13H25NO. The molecule has 2 heteroatoms. The molecule has 2 nitrogen and oxygen atoms in total. The van der Waals surface area contributed by atoms with Gasteiger partial charge in [0.1, 0.15) is 0 Å². The van der Waals surface area contributed by atoms with Gasteiger partial charge in [-0.05, 0) is 43.9 Å². The molecule has 0 aromatic heterocycles. The van der Waals surface area contributed by atoms with Crippen molar-refractivity contribution in [2.75, 3.05) is 13.2 Å². The maximum Gasteiger partial charge on any atom is 0.0468 e. The Balaban J connectivity index is 1.72. The maximum atomic E-state index is 6.34. The number of rotatable bonds is 3. The third-order valence-corrected chi connectivity index (χ3v) is 4.20. The van der Waals surface area contributed by atoms with Crippen LogP contribution >= 0.6 is 0 Å². The van der Waals surface area contributed by atoms with Crippen LogP contribution < -0.4 is 5.73 Å². The first kappa shape index (κ1) is 11.4. The Hall–Kier alpha value is -0.0800. The fourth-order valence-corrected chi connectivity index (χ4v) is 3.12. The van der Waals surface area contributed by atoms with E-state index in [9.17, 15) is 0 Å². The van der Waals surface area contributed by atoms with Gasteiger partial charge in [0.05, 0.1) is 0 Å². The van der Waals surface area contributed by atoms with Crippen molar-refractivity contribution in [2.45, 2.75) is 57.4 Å². The van der Waals surface area contributed by atoms with E-state index in [0.717, 1.165) is 25.0 Å². The summed E-state index contributed by atoms with van der Waals surface area (Å²) in [6, 6.07) is 0.466. The molecule has 88 valence electrons. The average molecular weight is 211 g/mol. The Morgan fingerprint density at radius 2 is 1.67 bits per heavy atom. The minimum atomic E-state index is 0.466. The first-order chi connectivity index (χ1) is 7.36. The summed E-state index contributed by atoms with van der Waals surface area (Å²) in [5.74, 6) is 1.66. The summed E-state index contributed by atoms with van der Waals surface area (Å²) in [6.45, 7) is 1.92. The van der Waals surface area contributed by atoms with E-state index >= 15 is 0 Å². The van der Waals surface area contributed by atoms with Crippen molar-refractivity contribution in [3.05, 3.63) is 0 Å². The lowest BCUT2D eigenvalue weighted by Crippen LogP contribution is -2.34. The molecule has 1 aliphatic carbocycles. The SMILES string of the molecule is NC(CC1CCOCC1)C1CCCCC1. The predicted molar refractivity (Wildman–Crippen MR) is 62.7 cm³/mol. The zero-order valence-corrected chi connectivity index (χ0v) is 9.79. The van der Waals surface area contributed by atoms with E-state index in [-0.39, 0.29) is 0 Å². The van der Waals surface area contributed by atoms with E-state index < -0.39 is 0 Å². The summed E-state index contributed by atoms with van der Waals surface area (Å²) in [5.41, 5.74) is 6.34. The van der Waals surface area contributed by atoms with Crippen LogP contribution in [0.2, 0.25) is 0 Å². The van der Waals surface area contributed by atoms with Gasteiger partial charge in [0.25, 0.3) is 0 Å². The van der Waals surface area contributed by atoms with Crippen molar-refractivity contribution in [3.8, 4) is 0 Å². The topological polar surface area (TPSA) is 35.2 Å². The van der Waals surface area contributed by atoms with Gasteiger partial charge < -0.3 is 10.5 Å². The Bertz CT molecular complexity index is 171. The van der Waals surface area contributed by atoms with Gasteiger partial charge in [-0.15, -0.1) is 0 Å². The van der Waals surface area contributed by atoms with Crippen molar-refractivity contribution in [3.63, 3.8) is 0 Å². The molecule has 0 spiro atoms. The molecule has 2 aliphatic rings. The van der Waals surface area contributed by atoms with Gasteiger partial charge in [0.2, 0.25) is 0 Å². The van der Waals surface area contributed by atoms with E-state index in [4.69, 9.17) is 10.5 Å². The zero-order valence-electron chi connectivity index (χ0n) is 9.79. The van der Waals surface area contributed by atoms with Crippen LogP contribution in [0.5, 0.6) is 0 Å². The quantitative estimate of drug-likeness (QED) is 0.779. The Morgan fingerprint density at radius 3 is 2.33 bits per heavy atom. The van der Waals surface area contributed by atoms with Crippen molar-refractivity contribution in [1.82, 2.24) is 0 Å². The van der Waals surface area contributed by atoms with Crippen LogP contribution in [0.15, 0.2) is 0 Å². The molecule has 0 bridgehead atoms. The highest BCUT2D eigenvalue weighted by Crippen LogP contribution is 2.30. The molecule has 1 unspecified atom stereocenters. The highest BCUT2D eigenvalue weighted by molar-refractivity contribution is 4.79. The monoisotopic (exact) mass is 211 g/mol. The molecule has 1 saturated heterocycles. The summed E-state index contributed by atoms with van der Waals surface area (Å²) >= 11 is 0. The molecule has 2 fully saturated rings. The van der Waals surface area contributed by atoms with Gasteiger partial charge in [-0.1, -0.05) is 19.3 Å². The summed E-state index contributed by atoms with van der Waals surface area (Å²) in [7, 11) is 0. The van der Waals surface area contributed by atoms with Crippen LogP contribution in [0.1, 0.15) is 51.4 Å².